The average molecular weight is 197 g/mol. The Hall–Kier alpha value is -2.16. The van der Waals surface area contributed by atoms with Gasteiger partial charge >= 0.3 is 0 Å². The number of rotatable bonds is 2. The Labute approximate surface area is 88.3 Å². The Morgan fingerprint density at radius 1 is 1.00 bits per heavy atom. The maximum Gasteiger partial charge on any atom is 0.0857 e. The van der Waals surface area contributed by atoms with Crippen molar-refractivity contribution in [1.29, 1.82) is 0 Å². The molecule has 2 N–H and O–H groups in total. The molecule has 0 amide bonds. The fourth-order valence-corrected chi connectivity index (χ4v) is 1.19. The molecular weight excluding hydrogens is 186 g/mol. The van der Waals surface area contributed by atoms with Gasteiger partial charge in [-0.25, -0.2) is 0 Å². The lowest BCUT2D eigenvalue weighted by atomic mass is 10.2. The maximum atomic E-state index is 5.59. The first-order valence-corrected chi connectivity index (χ1v) is 4.66. The van der Waals surface area contributed by atoms with Crippen molar-refractivity contribution >= 4 is 17.8 Å². The summed E-state index contributed by atoms with van der Waals surface area (Å²) in [7, 11) is 0. The maximum absolute atomic E-state index is 5.59. The van der Waals surface area contributed by atoms with Gasteiger partial charge in [0.2, 0.25) is 0 Å². The number of aromatic nitrogens is 2. The van der Waals surface area contributed by atoms with Crippen molar-refractivity contribution in [2.45, 2.75) is 0 Å². The average Bonchev–Trinajstić information content (AvgIpc) is 2.30. The van der Waals surface area contributed by atoms with E-state index in [4.69, 9.17) is 5.73 Å². The Morgan fingerprint density at radius 2 is 1.80 bits per heavy atom. The second-order valence-corrected chi connectivity index (χ2v) is 3.15. The molecule has 2 aromatic rings. The van der Waals surface area contributed by atoms with Gasteiger partial charge in [-0.2, -0.15) is 10.2 Å². The highest BCUT2D eigenvalue weighted by molar-refractivity contribution is 5.68. The number of anilines is 1. The molecule has 0 bridgehead atoms. The van der Waals surface area contributed by atoms with Crippen molar-refractivity contribution in [3.8, 4) is 0 Å². The Bertz CT molecular complexity index is 446. The van der Waals surface area contributed by atoms with Gasteiger partial charge in [0.1, 0.15) is 0 Å². The minimum atomic E-state index is 0.770. The van der Waals surface area contributed by atoms with Gasteiger partial charge in [-0.3, -0.25) is 0 Å². The second-order valence-electron chi connectivity index (χ2n) is 3.15. The fraction of sp³-hybridized carbons (Fsp3) is 0. The van der Waals surface area contributed by atoms with Gasteiger partial charge in [0.15, 0.2) is 0 Å². The smallest absolute Gasteiger partial charge is 0.0857 e. The minimum absolute atomic E-state index is 0.770. The summed E-state index contributed by atoms with van der Waals surface area (Å²) >= 11 is 0. The van der Waals surface area contributed by atoms with Gasteiger partial charge in [-0.15, -0.1) is 0 Å². The molecule has 0 atom stereocenters. The molecule has 1 heterocycles. The number of nitrogens with two attached hydrogens (primary N) is 1. The van der Waals surface area contributed by atoms with Crippen molar-refractivity contribution in [3.63, 3.8) is 0 Å². The molecule has 74 valence electrons. The lowest BCUT2D eigenvalue weighted by Gasteiger charge is -1.94. The van der Waals surface area contributed by atoms with Crippen LogP contribution in [0.3, 0.4) is 0 Å². The van der Waals surface area contributed by atoms with E-state index in [1.54, 1.807) is 6.20 Å². The lowest BCUT2D eigenvalue weighted by molar-refractivity contribution is 1.02. The predicted octanol–water partition coefficient (Wildman–Crippen LogP) is 2.23. The molecule has 0 aliphatic rings. The van der Waals surface area contributed by atoms with E-state index in [2.05, 4.69) is 10.2 Å². The van der Waals surface area contributed by atoms with E-state index in [9.17, 15) is 0 Å². The molecule has 0 radical (unpaired) electrons. The molecule has 0 unspecified atom stereocenters. The molecule has 15 heavy (non-hydrogen) atoms. The van der Waals surface area contributed by atoms with Crippen LogP contribution in [0.5, 0.6) is 0 Å². The van der Waals surface area contributed by atoms with Crippen LogP contribution in [0.25, 0.3) is 12.2 Å². The van der Waals surface area contributed by atoms with Crippen LogP contribution in [0.2, 0.25) is 0 Å². The van der Waals surface area contributed by atoms with Crippen molar-refractivity contribution < 1.29 is 0 Å². The zero-order chi connectivity index (χ0) is 10.5. The Kier molecular flexibility index (Phi) is 2.74. The molecule has 2 rings (SSSR count). The second kappa shape index (κ2) is 4.37. The van der Waals surface area contributed by atoms with Crippen LogP contribution in [-0.2, 0) is 0 Å². The number of benzene rings is 1. The summed E-state index contributed by atoms with van der Waals surface area (Å²) in [6, 6.07) is 11.4. The molecule has 0 saturated carbocycles. The summed E-state index contributed by atoms with van der Waals surface area (Å²) in [6.45, 7) is 0. The number of hydrogen-bond donors (Lipinski definition) is 1. The van der Waals surface area contributed by atoms with E-state index in [1.807, 2.05) is 48.6 Å². The Morgan fingerprint density at radius 3 is 2.47 bits per heavy atom. The molecule has 3 nitrogen and oxygen atoms in total. The third-order valence-electron chi connectivity index (χ3n) is 1.98. The van der Waals surface area contributed by atoms with Gasteiger partial charge in [-0.1, -0.05) is 18.2 Å². The third kappa shape index (κ3) is 2.64. The first-order chi connectivity index (χ1) is 7.34. The molecule has 0 aliphatic heterocycles. The SMILES string of the molecule is Nc1ccc(/C=C/c2cccnn2)cc1. The van der Waals surface area contributed by atoms with Crippen LogP contribution in [0.1, 0.15) is 11.3 Å². The monoisotopic (exact) mass is 197 g/mol. The van der Waals surface area contributed by atoms with E-state index in [0.717, 1.165) is 16.9 Å². The summed E-state index contributed by atoms with van der Waals surface area (Å²) in [6.07, 6.45) is 5.54. The zero-order valence-corrected chi connectivity index (χ0v) is 8.17. The normalized spacial score (nSPS) is 10.7. The molecule has 1 aromatic carbocycles. The van der Waals surface area contributed by atoms with Crippen LogP contribution >= 0.6 is 0 Å². The fourth-order valence-electron chi connectivity index (χ4n) is 1.19. The summed E-state index contributed by atoms with van der Waals surface area (Å²) < 4.78 is 0. The highest BCUT2D eigenvalue weighted by Crippen LogP contribution is 2.08. The molecule has 3 heteroatoms. The van der Waals surface area contributed by atoms with Crippen LogP contribution in [0.4, 0.5) is 5.69 Å². The van der Waals surface area contributed by atoms with Gasteiger partial charge in [0.25, 0.3) is 0 Å². The first kappa shape index (κ1) is 9.40. The van der Waals surface area contributed by atoms with Crippen LogP contribution in [0.15, 0.2) is 42.6 Å². The Balaban J connectivity index is 2.15. The van der Waals surface area contributed by atoms with Gasteiger partial charge in [0.05, 0.1) is 5.69 Å². The summed E-state index contributed by atoms with van der Waals surface area (Å²) in [5.74, 6) is 0. The number of nitrogen functional groups attached to an aromatic ring is 1. The van der Waals surface area contributed by atoms with E-state index in [-0.39, 0.29) is 0 Å². The quantitative estimate of drug-likeness (QED) is 0.751. The van der Waals surface area contributed by atoms with Crippen LogP contribution in [0, 0.1) is 0 Å². The largest absolute Gasteiger partial charge is 0.399 e. The van der Waals surface area contributed by atoms with E-state index < -0.39 is 0 Å². The van der Waals surface area contributed by atoms with E-state index >= 15 is 0 Å². The van der Waals surface area contributed by atoms with Crippen LogP contribution in [-0.4, -0.2) is 10.2 Å². The summed E-state index contributed by atoms with van der Waals surface area (Å²) in [5, 5.41) is 7.74. The summed E-state index contributed by atoms with van der Waals surface area (Å²) in [4.78, 5) is 0. The molecule has 0 saturated heterocycles. The van der Waals surface area contributed by atoms with E-state index in [0.29, 0.717) is 0 Å². The molecule has 0 fully saturated rings. The van der Waals surface area contributed by atoms with Crippen molar-refractivity contribution in [1.82, 2.24) is 10.2 Å². The highest BCUT2D eigenvalue weighted by Gasteiger charge is 1.88. The third-order valence-corrected chi connectivity index (χ3v) is 1.98. The topological polar surface area (TPSA) is 51.8 Å². The van der Waals surface area contributed by atoms with Crippen molar-refractivity contribution in [2.75, 3.05) is 5.73 Å². The summed E-state index contributed by atoms with van der Waals surface area (Å²) in [5.41, 5.74) is 8.29. The molecule has 1 aromatic heterocycles. The first-order valence-electron chi connectivity index (χ1n) is 4.66. The number of hydrogen-bond acceptors (Lipinski definition) is 3. The lowest BCUT2D eigenvalue weighted by Crippen LogP contribution is -1.83. The molecule has 0 spiro atoms. The van der Waals surface area contributed by atoms with Crippen LogP contribution < -0.4 is 5.73 Å². The highest BCUT2D eigenvalue weighted by atomic mass is 15.1. The van der Waals surface area contributed by atoms with Gasteiger partial charge < -0.3 is 5.73 Å². The predicted molar refractivity (Wildman–Crippen MR) is 61.8 cm³/mol. The van der Waals surface area contributed by atoms with Crippen molar-refractivity contribution in [3.05, 3.63) is 53.9 Å². The van der Waals surface area contributed by atoms with Gasteiger partial charge in [-0.05, 0) is 35.9 Å². The standard InChI is InChI=1S/C12H11N3/c13-11-6-3-10(4-7-11)5-8-12-2-1-9-14-15-12/h1-9H,13H2/b8-5+. The minimum Gasteiger partial charge on any atom is -0.399 e. The van der Waals surface area contributed by atoms with E-state index in [1.165, 1.54) is 0 Å². The zero-order valence-electron chi connectivity index (χ0n) is 8.17. The van der Waals surface area contributed by atoms with Crippen molar-refractivity contribution in [2.24, 2.45) is 0 Å². The van der Waals surface area contributed by atoms with Gasteiger partial charge in [0, 0.05) is 11.9 Å². The number of nitrogens with zero attached hydrogens (tertiary/aromatic N) is 2. The molecular formula is C12H11N3. The molecule has 0 aliphatic carbocycles.